The molecule has 1 aliphatic heterocycles. The van der Waals surface area contributed by atoms with E-state index in [2.05, 4.69) is 5.32 Å². The van der Waals surface area contributed by atoms with Gasteiger partial charge >= 0.3 is 6.03 Å². The summed E-state index contributed by atoms with van der Waals surface area (Å²) < 4.78 is 5.42. The van der Waals surface area contributed by atoms with Crippen LogP contribution in [0.2, 0.25) is 10.0 Å². The number of amides is 2. The molecule has 0 saturated heterocycles. The van der Waals surface area contributed by atoms with E-state index in [4.69, 9.17) is 27.9 Å². The van der Waals surface area contributed by atoms with E-state index < -0.39 is 0 Å². The van der Waals surface area contributed by atoms with Crippen molar-refractivity contribution in [3.63, 3.8) is 0 Å². The van der Waals surface area contributed by atoms with Gasteiger partial charge in [0.25, 0.3) is 0 Å². The number of fused-ring (bicyclic) bond motifs is 1. The highest BCUT2D eigenvalue weighted by atomic mass is 35.5. The van der Waals surface area contributed by atoms with Gasteiger partial charge in [-0.3, -0.25) is 4.90 Å². The summed E-state index contributed by atoms with van der Waals surface area (Å²) in [5, 5.41) is 3.38. The zero-order valence-corrected chi connectivity index (χ0v) is 10.1. The highest BCUT2D eigenvalue weighted by molar-refractivity contribution is 6.42. The minimum absolute atomic E-state index is 0.192. The van der Waals surface area contributed by atoms with Crippen molar-refractivity contribution >= 4 is 34.9 Å². The fourth-order valence-electron chi connectivity index (χ4n) is 1.56. The molecule has 0 fully saturated rings. The minimum Gasteiger partial charge on any atom is -0.489 e. The summed E-state index contributed by atoms with van der Waals surface area (Å²) in [4.78, 5) is 13.2. The summed E-state index contributed by atoms with van der Waals surface area (Å²) in [6, 6.07) is 3.06. The number of carbonyl (C=O) groups excluding carboxylic acids is 1. The third-order valence-corrected chi connectivity index (χ3v) is 3.05. The number of carbonyl (C=O) groups is 1. The van der Waals surface area contributed by atoms with Crippen molar-refractivity contribution in [1.29, 1.82) is 0 Å². The van der Waals surface area contributed by atoms with Crippen LogP contribution in [0.4, 0.5) is 10.5 Å². The number of ether oxygens (including phenoxy) is 1. The second-order valence-electron chi connectivity index (χ2n) is 3.29. The van der Waals surface area contributed by atoms with Crippen molar-refractivity contribution < 1.29 is 9.53 Å². The van der Waals surface area contributed by atoms with Gasteiger partial charge in [0.1, 0.15) is 12.4 Å². The third-order valence-electron chi connectivity index (χ3n) is 2.32. The fourth-order valence-corrected chi connectivity index (χ4v) is 1.87. The molecule has 1 aromatic rings. The van der Waals surface area contributed by atoms with E-state index in [1.54, 1.807) is 24.1 Å². The van der Waals surface area contributed by atoms with Crippen molar-refractivity contribution in [2.45, 2.75) is 0 Å². The molecule has 86 valence electrons. The Balaban J connectivity index is 2.45. The molecule has 6 heteroatoms. The van der Waals surface area contributed by atoms with Crippen molar-refractivity contribution in [1.82, 2.24) is 5.32 Å². The number of urea groups is 1. The average Bonchev–Trinajstić information content (AvgIpc) is 2.29. The Bertz CT molecular complexity index is 437. The second-order valence-corrected chi connectivity index (χ2v) is 4.10. The molecule has 1 heterocycles. The van der Waals surface area contributed by atoms with E-state index in [0.717, 1.165) is 0 Å². The quantitative estimate of drug-likeness (QED) is 0.779. The van der Waals surface area contributed by atoms with Crippen LogP contribution < -0.4 is 15.0 Å². The van der Waals surface area contributed by atoms with Crippen molar-refractivity contribution in [2.24, 2.45) is 0 Å². The second kappa shape index (κ2) is 4.39. The molecule has 0 aromatic heterocycles. The van der Waals surface area contributed by atoms with Gasteiger partial charge < -0.3 is 10.1 Å². The van der Waals surface area contributed by atoms with Gasteiger partial charge in [0.2, 0.25) is 0 Å². The number of halogens is 2. The first-order valence-electron chi connectivity index (χ1n) is 4.74. The van der Waals surface area contributed by atoms with Crippen molar-refractivity contribution in [3.8, 4) is 5.75 Å². The summed E-state index contributed by atoms with van der Waals surface area (Å²) in [5.74, 6) is 0.573. The Hall–Kier alpha value is -1.13. The molecule has 0 atom stereocenters. The zero-order valence-electron chi connectivity index (χ0n) is 8.59. The summed E-state index contributed by atoms with van der Waals surface area (Å²) >= 11 is 11.8. The summed E-state index contributed by atoms with van der Waals surface area (Å²) in [6.45, 7) is 0.934. The van der Waals surface area contributed by atoms with Crippen LogP contribution in [0.1, 0.15) is 0 Å². The number of nitrogens with zero attached hydrogens (tertiary/aromatic N) is 1. The Morgan fingerprint density at radius 2 is 2.12 bits per heavy atom. The number of hydrogen-bond acceptors (Lipinski definition) is 2. The standard InChI is InChI=1S/C10H10Cl2N2O2/c1-13-10(15)14-2-3-16-9-5-7(12)6(11)4-8(9)14/h4-5H,2-3H2,1H3,(H,13,15). The largest absolute Gasteiger partial charge is 0.489 e. The van der Waals surface area contributed by atoms with Gasteiger partial charge in [0.15, 0.2) is 0 Å². The maximum absolute atomic E-state index is 11.6. The van der Waals surface area contributed by atoms with E-state index in [1.807, 2.05) is 0 Å². The number of anilines is 1. The molecule has 1 aromatic carbocycles. The van der Waals surface area contributed by atoms with Gasteiger partial charge in [-0.1, -0.05) is 23.2 Å². The predicted octanol–water partition coefficient (Wildman–Crippen LogP) is 2.53. The van der Waals surface area contributed by atoms with Gasteiger partial charge in [0.05, 0.1) is 22.3 Å². The third kappa shape index (κ3) is 1.90. The lowest BCUT2D eigenvalue weighted by atomic mass is 10.2. The van der Waals surface area contributed by atoms with Crippen LogP contribution in [-0.2, 0) is 0 Å². The Morgan fingerprint density at radius 1 is 1.44 bits per heavy atom. The number of benzene rings is 1. The summed E-state index contributed by atoms with van der Waals surface area (Å²) in [5.41, 5.74) is 0.639. The molecule has 0 saturated carbocycles. The van der Waals surface area contributed by atoms with Crippen LogP contribution in [-0.4, -0.2) is 26.2 Å². The predicted molar refractivity (Wildman–Crippen MR) is 63.8 cm³/mol. The summed E-state index contributed by atoms with van der Waals surface area (Å²) in [7, 11) is 1.58. The molecule has 1 aliphatic rings. The maximum atomic E-state index is 11.6. The van der Waals surface area contributed by atoms with Crippen LogP contribution in [0.25, 0.3) is 0 Å². The number of nitrogens with one attached hydrogen (secondary N) is 1. The fraction of sp³-hybridized carbons (Fsp3) is 0.300. The molecule has 4 nitrogen and oxygen atoms in total. The van der Waals surface area contributed by atoms with Gasteiger partial charge in [-0.25, -0.2) is 4.79 Å². The molecule has 16 heavy (non-hydrogen) atoms. The van der Waals surface area contributed by atoms with E-state index in [0.29, 0.717) is 34.6 Å². The lowest BCUT2D eigenvalue weighted by molar-refractivity contribution is 0.241. The van der Waals surface area contributed by atoms with Crippen LogP contribution in [0, 0.1) is 0 Å². The Kier molecular flexibility index (Phi) is 3.12. The van der Waals surface area contributed by atoms with Crippen LogP contribution in [0.15, 0.2) is 12.1 Å². The first kappa shape index (κ1) is 11.4. The molecular weight excluding hydrogens is 251 g/mol. The van der Waals surface area contributed by atoms with Gasteiger partial charge in [0, 0.05) is 13.1 Å². The molecular formula is C10H10Cl2N2O2. The lowest BCUT2D eigenvalue weighted by Gasteiger charge is -2.29. The van der Waals surface area contributed by atoms with Crippen molar-refractivity contribution in [2.75, 3.05) is 25.1 Å². The molecule has 0 radical (unpaired) electrons. The Morgan fingerprint density at radius 3 is 2.81 bits per heavy atom. The highest BCUT2D eigenvalue weighted by Crippen LogP contribution is 2.38. The lowest BCUT2D eigenvalue weighted by Crippen LogP contribution is -2.43. The molecule has 0 unspecified atom stereocenters. The molecule has 2 amide bonds. The smallest absolute Gasteiger partial charge is 0.321 e. The van der Waals surface area contributed by atoms with Crippen molar-refractivity contribution in [3.05, 3.63) is 22.2 Å². The van der Waals surface area contributed by atoms with E-state index in [9.17, 15) is 4.79 Å². The SMILES string of the molecule is CNC(=O)N1CCOc2cc(Cl)c(Cl)cc21. The number of hydrogen-bond donors (Lipinski definition) is 1. The molecule has 0 spiro atoms. The van der Waals surface area contributed by atoms with E-state index in [1.165, 1.54) is 0 Å². The topological polar surface area (TPSA) is 41.6 Å². The van der Waals surface area contributed by atoms with Crippen LogP contribution in [0.5, 0.6) is 5.75 Å². The average molecular weight is 261 g/mol. The highest BCUT2D eigenvalue weighted by Gasteiger charge is 2.24. The minimum atomic E-state index is -0.192. The van der Waals surface area contributed by atoms with E-state index >= 15 is 0 Å². The molecule has 1 N–H and O–H groups in total. The monoisotopic (exact) mass is 260 g/mol. The Labute approximate surface area is 103 Å². The van der Waals surface area contributed by atoms with Gasteiger partial charge in [-0.05, 0) is 6.07 Å². The zero-order chi connectivity index (χ0) is 11.7. The summed E-state index contributed by atoms with van der Waals surface area (Å²) in [6.07, 6.45) is 0. The maximum Gasteiger partial charge on any atom is 0.321 e. The van der Waals surface area contributed by atoms with Crippen LogP contribution >= 0.6 is 23.2 Å². The molecule has 2 rings (SSSR count). The van der Waals surface area contributed by atoms with E-state index in [-0.39, 0.29) is 6.03 Å². The first-order chi connectivity index (χ1) is 7.63. The number of rotatable bonds is 0. The van der Waals surface area contributed by atoms with Crippen LogP contribution in [0.3, 0.4) is 0 Å². The van der Waals surface area contributed by atoms with Gasteiger partial charge in [-0.2, -0.15) is 0 Å². The normalized spacial score (nSPS) is 14.1. The first-order valence-corrected chi connectivity index (χ1v) is 5.50. The van der Waals surface area contributed by atoms with Gasteiger partial charge in [-0.15, -0.1) is 0 Å². The molecule has 0 aliphatic carbocycles. The molecule has 0 bridgehead atoms.